The van der Waals surface area contributed by atoms with Crippen LogP contribution < -0.4 is 4.74 Å². The zero-order valence-corrected chi connectivity index (χ0v) is 24.7. The Morgan fingerprint density at radius 1 is 0.865 bits per heavy atom. The van der Waals surface area contributed by atoms with E-state index in [2.05, 4.69) is 6.92 Å². The molecule has 0 aliphatic carbocycles. The third-order valence-corrected chi connectivity index (χ3v) is 6.79. The van der Waals surface area contributed by atoms with Gasteiger partial charge in [0.25, 0.3) is 0 Å². The normalized spacial score (nSPS) is 13.0. The van der Waals surface area contributed by atoms with Crippen LogP contribution in [0.25, 0.3) is 0 Å². The molecule has 0 spiro atoms. The lowest BCUT2D eigenvalue weighted by molar-refractivity contribution is -0.150. The van der Waals surface area contributed by atoms with Crippen LogP contribution in [0.4, 0.5) is 0 Å². The van der Waals surface area contributed by atoms with Gasteiger partial charge >= 0.3 is 14.6 Å². The Morgan fingerprint density at radius 2 is 1.49 bits per heavy atom. The summed E-state index contributed by atoms with van der Waals surface area (Å²) in [4.78, 5) is 24.0. The van der Waals surface area contributed by atoms with E-state index in [0.717, 1.165) is 30.8 Å². The minimum atomic E-state index is -2.01. The largest absolute Gasteiger partial charge is 0.494 e. The maximum absolute atomic E-state index is 12.1. The van der Waals surface area contributed by atoms with Gasteiger partial charge < -0.3 is 28.3 Å². The molecule has 0 aliphatic rings. The van der Waals surface area contributed by atoms with Crippen LogP contribution in [-0.4, -0.2) is 62.3 Å². The van der Waals surface area contributed by atoms with Crippen molar-refractivity contribution in [3.8, 4) is 5.75 Å². The van der Waals surface area contributed by atoms with E-state index in [1.807, 2.05) is 50.2 Å². The quantitative estimate of drug-likeness (QED) is 0.0853. The van der Waals surface area contributed by atoms with Crippen LogP contribution in [-0.2, 0) is 25.0 Å². The van der Waals surface area contributed by atoms with Gasteiger partial charge in [-0.2, -0.15) is 0 Å². The lowest BCUT2D eigenvalue weighted by Gasteiger charge is -2.20. The van der Waals surface area contributed by atoms with Crippen molar-refractivity contribution >= 4 is 14.6 Å². The van der Waals surface area contributed by atoms with E-state index < -0.39 is 14.7 Å². The monoisotopic (exact) mass is 541 g/mol. The number of esters is 1. The average Bonchev–Trinajstić information content (AvgIpc) is 2.86. The Morgan fingerprint density at radius 3 is 2.08 bits per heavy atom. The van der Waals surface area contributed by atoms with E-state index in [4.69, 9.17) is 18.5 Å². The van der Waals surface area contributed by atoms with Crippen molar-refractivity contribution < 1.29 is 28.2 Å². The molecule has 0 aliphatic heterocycles. The average molecular weight is 542 g/mol. The van der Waals surface area contributed by atoms with Gasteiger partial charge in [0.2, 0.25) is 0 Å². The SMILES string of the molecule is CCCCCCCCCCCCOc1ccc(CC(COP(O)OCCN(C)C)OC(=O)CCC)cc1. The molecule has 0 radical (unpaired) electrons. The van der Waals surface area contributed by atoms with Gasteiger partial charge in [-0.25, -0.2) is 0 Å². The van der Waals surface area contributed by atoms with Crippen LogP contribution in [0.5, 0.6) is 5.75 Å². The lowest BCUT2D eigenvalue weighted by Crippen LogP contribution is -2.25. The number of unbranched alkanes of at least 4 members (excludes halogenated alkanes) is 9. The Hall–Kier alpha value is -1.24. The summed E-state index contributed by atoms with van der Waals surface area (Å²) in [6, 6.07) is 7.90. The number of nitrogens with zero attached hydrogens (tertiary/aromatic N) is 1. The molecule has 1 aromatic carbocycles. The highest BCUT2D eigenvalue weighted by Gasteiger charge is 2.18. The first kappa shape index (κ1) is 33.8. The predicted octanol–water partition coefficient (Wildman–Crippen LogP) is 7.05. The Labute approximate surface area is 227 Å². The van der Waals surface area contributed by atoms with Gasteiger partial charge in [0.05, 0.1) is 19.8 Å². The molecule has 0 saturated heterocycles. The molecule has 0 heterocycles. The highest BCUT2D eigenvalue weighted by atomic mass is 31.2. The molecule has 1 N–H and O–H groups in total. The molecular formula is C29H52NO6P. The van der Waals surface area contributed by atoms with Gasteiger partial charge in [0, 0.05) is 19.4 Å². The number of carbonyl (C=O) groups excluding carboxylic acids is 1. The Bertz CT molecular complexity index is 673. The zero-order chi connectivity index (χ0) is 27.1. The third-order valence-electron chi connectivity index (χ3n) is 6.02. The molecule has 0 bridgehead atoms. The van der Waals surface area contributed by atoms with Crippen molar-refractivity contribution in [1.82, 2.24) is 4.90 Å². The maximum atomic E-state index is 12.1. The molecule has 214 valence electrons. The van der Waals surface area contributed by atoms with Crippen molar-refractivity contribution in [1.29, 1.82) is 0 Å². The first-order valence-electron chi connectivity index (χ1n) is 14.2. The van der Waals surface area contributed by atoms with E-state index in [1.165, 1.54) is 57.8 Å². The summed E-state index contributed by atoms with van der Waals surface area (Å²) in [5, 5.41) is 0. The summed E-state index contributed by atoms with van der Waals surface area (Å²) >= 11 is 0. The fourth-order valence-electron chi connectivity index (χ4n) is 3.83. The predicted molar refractivity (Wildman–Crippen MR) is 152 cm³/mol. The zero-order valence-electron chi connectivity index (χ0n) is 23.8. The molecule has 0 aromatic heterocycles. The smallest absolute Gasteiger partial charge is 0.330 e. The molecule has 7 nitrogen and oxygen atoms in total. The molecule has 37 heavy (non-hydrogen) atoms. The third kappa shape index (κ3) is 19.5. The minimum absolute atomic E-state index is 0.0800. The second kappa shape index (κ2) is 22.7. The van der Waals surface area contributed by atoms with Gasteiger partial charge in [-0.05, 0) is 44.6 Å². The second-order valence-corrected chi connectivity index (χ2v) is 10.9. The summed E-state index contributed by atoms with van der Waals surface area (Å²) in [5.41, 5.74) is 1.01. The van der Waals surface area contributed by atoms with E-state index in [0.29, 0.717) is 26.0 Å². The summed E-state index contributed by atoms with van der Waals surface area (Å²) in [6.07, 6.45) is 14.2. The summed E-state index contributed by atoms with van der Waals surface area (Å²) in [5.74, 6) is 0.590. The van der Waals surface area contributed by atoms with Gasteiger partial charge in [0.1, 0.15) is 11.9 Å². The van der Waals surface area contributed by atoms with Crippen LogP contribution in [0.3, 0.4) is 0 Å². The standard InChI is InChI=1S/C29H52NO6P/c1-5-7-8-9-10-11-12-13-14-15-22-33-27-19-17-26(18-20-27)24-28(36-29(31)16-6-2)25-35-37(32)34-23-21-30(3)4/h17-20,28,32H,5-16,21-25H2,1-4H3. The Kier molecular flexibility index (Phi) is 20.7. The second-order valence-electron chi connectivity index (χ2n) is 9.91. The summed E-state index contributed by atoms with van der Waals surface area (Å²) in [7, 11) is 1.85. The topological polar surface area (TPSA) is 77.5 Å². The van der Waals surface area contributed by atoms with Crippen molar-refractivity contribution in [2.45, 2.75) is 103 Å². The van der Waals surface area contributed by atoms with Crippen LogP contribution in [0.15, 0.2) is 24.3 Å². The van der Waals surface area contributed by atoms with Crippen molar-refractivity contribution in [3.05, 3.63) is 29.8 Å². The number of benzene rings is 1. The first-order chi connectivity index (χ1) is 17.9. The van der Waals surface area contributed by atoms with Crippen LogP contribution >= 0.6 is 8.60 Å². The van der Waals surface area contributed by atoms with E-state index in [9.17, 15) is 9.69 Å². The molecule has 2 atom stereocenters. The highest BCUT2D eigenvalue weighted by molar-refractivity contribution is 7.40. The minimum Gasteiger partial charge on any atom is -0.494 e. The van der Waals surface area contributed by atoms with Crippen molar-refractivity contribution in [2.24, 2.45) is 0 Å². The number of hydrogen-bond donors (Lipinski definition) is 1. The number of likely N-dealkylation sites (N-methyl/N-ethyl adjacent to an activating group) is 1. The first-order valence-corrected chi connectivity index (χ1v) is 15.4. The number of hydrogen-bond acceptors (Lipinski definition) is 7. The highest BCUT2D eigenvalue weighted by Crippen LogP contribution is 2.33. The number of carbonyl (C=O) groups is 1. The summed E-state index contributed by atoms with van der Waals surface area (Å²) in [6.45, 7) is 6.06. The molecule has 2 unspecified atom stereocenters. The van der Waals surface area contributed by atoms with Crippen molar-refractivity contribution in [3.63, 3.8) is 0 Å². The Balaban J connectivity index is 2.34. The van der Waals surface area contributed by atoms with Gasteiger partial charge in [-0.1, -0.05) is 83.8 Å². The van der Waals surface area contributed by atoms with Crippen LogP contribution in [0.1, 0.15) is 96.5 Å². The fourth-order valence-corrected chi connectivity index (χ4v) is 4.44. The van der Waals surface area contributed by atoms with Gasteiger partial charge in [0.15, 0.2) is 0 Å². The van der Waals surface area contributed by atoms with Crippen LogP contribution in [0.2, 0.25) is 0 Å². The van der Waals surface area contributed by atoms with Crippen LogP contribution in [0, 0.1) is 0 Å². The summed E-state index contributed by atoms with van der Waals surface area (Å²) < 4.78 is 22.3. The van der Waals surface area contributed by atoms with E-state index >= 15 is 0 Å². The lowest BCUT2D eigenvalue weighted by atomic mass is 10.1. The number of ether oxygens (including phenoxy) is 2. The molecule has 0 fully saturated rings. The van der Waals surface area contributed by atoms with E-state index in [1.54, 1.807) is 0 Å². The molecule has 0 saturated carbocycles. The van der Waals surface area contributed by atoms with Crippen molar-refractivity contribution in [2.75, 3.05) is 40.5 Å². The molecule has 8 heteroatoms. The molecular weight excluding hydrogens is 489 g/mol. The molecule has 0 amide bonds. The molecule has 1 rings (SSSR count). The van der Waals surface area contributed by atoms with Gasteiger partial charge in [-0.15, -0.1) is 0 Å². The fraction of sp³-hybridized carbons (Fsp3) is 0.759. The molecule has 1 aromatic rings. The number of rotatable bonds is 24. The maximum Gasteiger partial charge on any atom is 0.330 e. The van der Waals surface area contributed by atoms with Gasteiger partial charge in [-0.3, -0.25) is 4.79 Å². The van der Waals surface area contributed by atoms with E-state index in [-0.39, 0.29) is 12.6 Å².